The summed E-state index contributed by atoms with van der Waals surface area (Å²) < 4.78 is 10.4. The van der Waals surface area contributed by atoms with Crippen LogP contribution < -0.4 is 0 Å². The number of alkyl halides is 1. The molecule has 90 valence electrons. The fourth-order valence-electron chi connectivity index (χ4n) is 2.32. The van der Waals surface area contributed by atoms with Gasteiger partial charge in [0.1, 0.15) is 0 Å². The Kier molecular flexibility index (Phi) is 6.17. The van der Waals surface area contributed by atoms with Crippen LogP contribution >= 0.6 is 15.9 Å². The summed E-state index contributed by atoms with van der Waals surface area (Å²) >= 11 is 3.71. The van der Waals surface area contributed by atoms with E-state index >= 15 is 0 Å². The molecule has 2 nitrogen and oxygen atoms in total. The normalized spacial score (nSPS) is 31.0. The second kappa shape index (κ2) is 6.87. The third kappa shape index (κ3) is 5.32. The highest BCUT2D eigenvalue weighted by Gasteiger charge is 2.32. The zero-order valence-corrected chi connectivity index (χ0v) is 11.5. The summed E-state index contributed by atoms with van der Waals surface area (Å²) in [5.41, 5.74) is 0.554. The molecule has 1 aliphatic carbocycles. The highest BCUT2D eigenvalue weighted by molar-refractivity contribution is 9.09. The van der Waals surface area contributed by atoms with Gasteiger partial charge in [0.2, 0.25) is 0 Å². The van der Waals surface area contributed by atoms with Crippen LogP contribution in [0.4, 0.5) is 0 Å². The van der Waals surface area contributed by atoms with E-state index in [1.165, 1.54) is 32.1 Å². The van der Waals surface area contributed by atoms with Crippen LogP contribution in [-0.4, -0.2) is 31.8 Å². The Balaban J connectivity index is 2.00. The molecule has 15 heavy (non-hydrogen) atoms. The number of halogens is 1. The smallest absolute Gasteiger partial charge is 0.0700 e. The molecular formula is C12H23BrO2. The Labute approximate surface area is 102 Å². The third-order valence-electron chi connectivity index (χ3n) is 3.28. The standard InChI is InChI=1S/C12H23BrO2/c1-12(6-4-11(13)10-12)5-3-7-15-9-8-14-2/h11H,3-10H2,1-2H3. The van der Waals surface area contributed by atoms with Gasteiger partial charge in [0, 0.05) is 18.5 Å². The number of methoxy groups -OCH3 is 1. The van der Waals surface area contributed by atoms with E-state index in [1.807, 2.05) is 0 Å². The summed E-state index contributed by atoms with van der Waals surface area (Å²) in [4.78, 5) is 0.747. The topological polar surface area (TPSA) is 18.5 Å². The van der Waals surface area contributed by atoms with Crippen molar-refractivity contribution in [3.63, 3.8) is 0 Å². The van der Waals surface area contributed by atoms with E-state index in [9.17, 15) is 0 Å². The van der Waals surface area contributed by atoms with Gasteiger partial charge in [-0.3, -0.25) is 0 Å². The van der Waals surface area contributed by atoms with E-state index in [4.69, 9.17) is 9.47 Å². The highest BCUT2D eigenvalue weighted by Crippen LogP contribution is 2.44. The number of hydrogen-bond donors (Lipinski definition) is 0. The van der Waals surface area contributed by atoms with Crippen molar-refractivity contribution in [2.75, 3.05) is 26.9 Å². The van der Waals surface area contributed by atoms with Crippen molar-refractivity contribution in [3.05, 3.63) is 0 Å². The monoisotopic (exact) mass is 278 g/mol. The zero-order valence-electron chi connectivity index (χ0n) is 9.93. The van der Waals surface area contributed by atoms with Crippen molar-refractivity contribution >= 4 is 15.9 Å². The van der Waals surface area contributed by atoms with Crippen LogP contribution in [0, 0.1) is 5.41 Å². The van der Waals surface area contributed by atoms with Crippen LogP contribution in [0.3, 0.4) is 0 Å². The number of ether oxygens (including phenoxy) is 2. The minimum Gasteiger partial charge on any atom is -0.382 e. The Morgan fingerprint density at radius 3 is 2.73 bits per heavy atom. The van der Waals surface area contributed by atoms with Crippen molar-refractivity contribution in [2.45, 2.75) is 43.9 Å². The molecule has 0 amide bonds. The fourth-order valence-corrected chi connectivity index (χ4v) is 3.33. The number of hydrogen-bond acceptors (Lipinski definition) is 2. The first-order chi connectivity index (χ1) is 7.16. The Hall–Kier alpha value is 0.400. The highest BCUT2D eigenvalue weighted by atomic mass is 79.9. The largest absolute Gasteiger partial charge is 0.382 e. The molecular weight excluding hydrogens is 256 g/mol. The molecule has 3 heteroatoms. The molecule has 0 aromatic heterocycles. The third-order valence-corrected chi connectivity index (χ3v) is 4.06. The molecule has 0 heterocycles. The lowest BCUT2D eigenvalue weighted by molar-refractivity contribution is 0.0644. The lowest BCUT2D eigenvalue weighted by Crippen LogP contribution is -2.13. The van der Waals surface area contributed by atoms with E-state index in [0.717, 1.165) is 18.0 Å². The fraction of sp³-hybridized carbons (Fsp3) is 1.00. The Morgan fingerprint density at radius 2 is 2.13 bits per heavy atom. The van der Waals surface area contributed by atoms with E-state index in [2.05, 4.69) is 22.9 Å². The summed E-state index contributed by atoms with van der Waals surface area (Å²) in [7, 11) is 1.71. The molecule has 2 unspecified atom stereocenters. The Morgan fingerprint density at radius 1 is 1.33 bits per heavy atom. The first-order valence-corrected chi connectivity index (χ1v) is 6.79. The van der Waals surface area contributed by atoms with E-state index in [-0.39, 0.29) is 0 Å². The maximum Gasteiger partial charge on any atom is 0.0700 e. The minimum atomic E-state index is 0.554. The van der Waals surface area contributed by atoms with Gasteiger partial charge in [0.25, 0.3) is 0 Å². The van der Waals surface area contributed by atoms with Crippen molar-refractivity contribution in [2.24, 2.45) is 5.41 Å². The first kappa shape index (κ1) is 13.5. The van der Waals surface area contributed by atoms with Crippen molar-refractivity contribution < 1.29 is 9.47 Å². The van der Waals surface area contributed by atoms with Gasteiger partial charge < -0.3 is 9.47 Å². The lowest BCUT2D eigenvalue weighted by atomic mass is 9.84. The maximum atomic E-state index is 5.47. The summed E-state index contributed by atoms with van der Waals surface area (Å²) in [5, 5.41) is 0. The predicted molar refractivity (Wildman–Crippen MR) is 66.6 cm³/mol. The summed E-state index contributed by atoms with van der Waals surface area (Å²) in [6.45, 7) is 4.73. The van der Waals surface area contributed by atoms with E-state index in [1.54, 1.807) is 7.11 Å². The molecule has 1 rings (SSSR count). The van der Waals surface area contributed by atoms with E-state index in [0.29, 0.717) is 12.0 Å². The van der Waals surface area contributed by atoms with Gasteiger partial charge in [-0.15, -0.1) is 0 Å². The predicted octanol–water partition coefficient (Wildman–Crippen LogP) is 3.38. The first-order valence-electron chi connectivity index (χ1n) is 5.87. The van der Waals surface area contributed by atoms with Gasteiger partial charge in [0.05, 0.1) is 13.2 Å². The van der Waals surface area contributed by atoms with Gasteiger partial charge in [-0.2, -0.15) is 0 Å². The number of rotatable bonds is 7. The molecule has 2 atom stereocenters. The van der Waals surface area contributed by atoms with Crippen molar-refractivity contribution in [3.8, 4) is 0 Å². The average molecular weight is 279 g/mol. The van der Waals surface area contributed by atoms with Crippen LogP contribution in [0.5, 0.6) is 0 Å². The van der Waals surface area contributed by atoms with Gasteiger partial charge in [-0.25, -0.2) is 0 Å². The SMILES string of the molecule is COCCOCCCC1(C)CCC(Br)C1. The van der Waals surface area contributed by atoms with Gasteiger partial charge in [-0.05, 0) is 37.5 Å². The minimum absolute atomic E-state index is 0.554. The van der Waals surface area contributed by atoms with Gasteiger partial charge in [-0.1, -0.05) is 22.9 Å². The molecule has 0 radical (unpaired) electrons. The van der Waals surface area contributed by atoms with Crippen molar-refractivity contribution in [1.82, 2.24) is 0 Å². The maximum absolute atomic E-state index is 5.47. The molecule has 0 spiro atoms. The van der Waals surface area contributed by atoms with Crippen LogP contribution in [0.1, 0.15) is 39.0 Å². The average Bonchev–Trinajstić information content (AvgIpc) is 2.53. The summed E-state index contributed by atoms with van der Waals surface area (Å²) in [5.74, 6) is 0. The summed E-state index contributed by atoms with van der Waals surface area (Å²) in [6, 6.07) is 0. The van der Waals surface area contributed by atoms with E-state index < -0.39 is 0 Å². The van der Waals surface area contributed by atoms with Crippen LogP contribution in [0.2, 0.25) is 0 Å². The van der Waals surface area contributed by atoms with Crippen LogP contribution in [0.25, 0.3) is 0 Å². The van der Waals surface area contributed by atoms with Gasteiger partial charge in [0.15, 0.2) is 0 Å². The molecule has 0 saturated heterocycles. The Bertz CT molecular complexity index is 175. The molecule has 1 fully saturated rings. The van der Waals surface area contributed by atoms with Crippen molar-refractivity contribution in [1.29, 1.82) is 0 Å². The second-order valence-electron chi connectivity index (χ2n) is 4.86. The molecule has 1 aliphatic rings. The quantitative estimate of drug-likeness (QED) is 0.525. The second-order valence-corrected chi connectivity index (χ2v) is 6.15. The molecule has 0 bridgehead atoms. The van der Waals surface area contributed by atoms with Crippen LogP contribution in [0.15, 0.2) is 0 Å². The summed E-state index contributed by atoms with van der Waals surface area (Å²) in [6.07, 6.45) is 6.50. The molecule has 0 aromatic rings. The van der Waals surface area contributed by atoms with Gasteiger partial charge >= 0.3 is 0 Å². The molecule has 0 N–H and O–H groups in total. The van der Waals surface area contributed by atoms with Crippen LogP contribution in [-0.2, 0) is 9.47 Å². The molecule has 0 aliphatic heterocycles. The lowest BCUT2D eigenvalue weighted by Gasteiger charge is -2.23. The zero-order chi connectivity index (χ0) is 11.1. The molecule has 1 saturated carbocycles. The molecule has 0 aromatic carbocycles.